The number of nitrogens with zero attached hydrogens (tertiary/aromatic N) is 3. The lowest BCUT2D eigenvalue weighted by Crippen LogP contribution is -2.48. The van der Waals surface area contributed by atoms with Crippen LogP contribution in [0.15, 0.2) is 58.6 Å². The highest BCUT2D eigenvalue weighted by atomic mass is 32.2. The fraction of sp³-hybridized carbons (Fsp3) is 0.556. The molecule has 4 rings (SSSR count). The molecule has 1 aliphatic heterocycles. The first kappa shape index (κ1) is 27.1. The maximum absolute atomic E-state index is 13.2. The Balaban J connectivity index is 1.29. The molecule has 2 aromatic rings. The first-order valence-electron chi connectivity index (χ1n) is 12.9. The zero-order chi connectivity index (χ0) is 25.7. The van der Waals surface area contributed by atoms with Crippen molar-refractivity contribution in [1.82, 2.24) is 19.5 Å². The lowest BCUT2D eigenvalue weighted by molar-refractivity contribution is -0.121. The molecule has 2 heterocycles. The fourth-order valence-electron chi connectivity index (χ4n) is 5.03. The predicted molar refractivity (Wildman–Crippen MR) is 144 cm³/mol. The second kappa shape index (κ2) is 12.1. The van der Waals surface area contributed by atoms with Gasteiger partial charge in [-0.1, -0.05) is 68.8 Å². The number of carbonyl (C=O) groups is 1. The van der Waals surface area contributed by atoms with Gasteiger partial charge in [0.1, 0.15) is 4.90 Å². The second-order valence-corrected chi connectivity index (χ2v) is 13.4. The fourth-order valence-corrected chi connectivity index (χ4v) is 7.19. The molecule has 196 valence electrons. The number of pyridine rings is 1. The van der Waals surface area contributed by atoms with Gasteiger partial charge in [0, 0.05) is 45.0 Å². The average Bonchev–Trinajstić information content (AvgIpc) is 2.88. The van der Waals surface area contributed by atoms with Gasteiger partial charge in [-0.05, 0) is 42.9 Å². The smallest absolute Gasteiger partial charge is 0.244 e. The van der Waals surface area contributed by atoms with E-state index in [2.05, 4.69) is 41.2 Å². The van der Waals surface area contributed by atoms with E-state index in [0.717, 1.165) is 19.4 Å². The molecule has 4 atom stereocenters. The number of rotatable bonds is 8. The summed E-state index contributed by atoms with van der Waals surface area (Å²) in [7, 11) is -3.59. The zero-order valence-corrected chi connectivity index (χ0v) is 23.1. The summed E-state index contributed by atoms with van der Waals surface area (Å²) in [6.07, 6.45) is 4.82. The minimum absolute atomic E-state index is 0.0119. The Morgan fingerprint density at radius 1 is 1.08 bits per heavy atom. The van der Waals surface area contributed by atoms with Crippen LogP contribution in [0.4, 0.5) is 0 Å². The molecule has 1 saturated heterocycles. The third-order valence-electron chi connectivity index (χ3n) is 7.63. The van der Waals surface area contributed by atoms with Crippen LogP contribution in [-0.2, 0) is 21.4 Å². The molecule has 2 fully saturated rings. The van der Waals surface area contributed by atoms with E-state index in [0.29, 0.717) is 43.0 Å². The normalized spacial score (nSPS) is 24.8. The van der Waals surface area contributed by atoms with Gasteiger partial charge in [0.05, 0.1) is 10.3 Å². The van der Waals surface area contributed by atoms with Crippen molar-refractivity contribution in [3.63, 3.8) is 0 Å². The molecule has 1 aromatic heterocycles. The van der Waals surface area contributed by atoms with Gasteiger partial charge in [-0.2, -0.15) is 4.31 Å². The lowest BCUT2D eigenvalue weighted by atomic mass is 9.78. The van der Waals surface area contributed by atoms with Crippen LogP contribution < -0.4 is 5.32 Å². The highest BCUT2D eigenvalue weighted by Gasteiger charge is 2.31. The summed E-state index contributed by atoms with van der Waals surface area (Å²) in [4.78, 5) is 19.6. The largest absolute Gasteiger partial charge is 0.352 e. The number of aromatic nitrogens is 1. The molecule has 1 aromatic carbocycles. The van der Waals surface area contributed by atoms with Gasteiger partial charge in [-0.3, -0.25) is 9.69 Å². The quantitative estimate of drug-likeness (QED) is 0.520. The van der Waals surface area contributed by atoms with Gasteiger partial charge < -0.3 is 5.32 Å². The van der Waals surface area contributed by atoms with E-state index in [-0.39, 0.29) is 22.1 Å². The van der Waals surface area contributed by atoms with Crippen molar-refractivity contribution in [1.29, 1.82) is 0 Å². The number of hydrogen-bond donors (Lipinski definition) is 1. The first-order valence-corrected chi connectivity index (χ1v) is 15.3. The predicted octanol–water partition coefficient (Wildman–Crippen LogP) is 4.01. The van der Waals surface area contributed by atoms with E-state index in [1.807, 2.05) is 25.1 Å². The summed E-state index contributed by atoms with van der Waals surface area (Å²) in [5.74, 6) is 1.11. The monoisotopic (exact) mass is 530 g/mol. The van der Waals surface area contributed by atoms with Crippen LogP contribution in [0.1, 0.15) is 45.6 Å². The molecule has 1 aliphatic carbocycles. The molecule has 0 unspecified atom stereocenters. The molecule has 2 aliphatic rings. The molecule has 0 radical (unpaired) electrons. The van der Waals surface area contributed by atoms with Gasteiger partial charge in [-0.15, -0.1) is 0 Å². The number of sulfonamides is 1. The van der Waals surface area contributed by atoms with Crippen molar-refractivity contribution in [2.24, 2.45) is 11.8 Å². The van der Waals surface area contributed by atoms with Crippen molar-refractivity contribution in [3.8, 4) is 0 Å². The molecule has 36 heavy (non-hydrogen) atoms. The Labute approximate surface area is 220 Å². The Bertz CT molecular complexity index is 1100. The maximum atomic E-state index is 13.2. The zero-order valence-electron chi connectivity index (χ0n) is 21.5. The van der Waals surface area contributed by atoms with E-state index in [9.17, 15) is 13.2 Å². The number of amides is 1. The minimum Gasteiger partial charge on any atom is -0.352 e. The van der Waals surface area contributed by atoms with E-state index in [1.165, 1.54) is 29.9 Å². The van der Waals surface area contributed by atoms with Gasteiger partial charge in [0.25, 0.3) is 0 Å². The molecule has 0 spiro atoms. The van der Waals surface area contributed by atoms with Crippen LogP contribution >= 0.6 is 11.8 Å². The number of hydrogen-bond acceptors (Lipinski definition) is 6. The van der Waals surface area contributed by atoms with Crippen LogP contribution in [0.5, 0.6) is 0 Å². The van der Waals surface area contributed by atoms with Gasteiger partial charge in [0.2, 0.25) is 15.9 Å². The van der Waals surface area contributed by atoms with Crippen LogP contribution in [0.3, 0.4) is 0 Å². The molecule has 1 amide bonds. The van der Waals surface area contributed by atoms with E-state index < -0.39 is 10.0 Å². The summed E-state index contributed by atoms with van der Waals surface area (Å²) in [5, 5.41) is 3.57. The van der Waals surface area contributed by atoms with Gasteiger partial charge in [-0.25, -0.2) is 13.4 Å². The topological polar surface area (TPSA) is 82.6 Å². The first-order chi connectivity index (χ1) is 17.2. The number of thioether (sulfide) groups is 1. The number of carbonyl (C=O) groups excluding carboxylic acids is 1. The van der Waals surface area contributed by atoms with Crippen LogP contribution in [0.2, 0.25) is 0 Å². The standard InChI is InChI=1S/C27H38N4O3S2/c1-20-8-7-11-25(21(20)2)29-27(32)22(3)35-26-13-12-24(18-28-26)36(33,34)31-16-14-30(15-17-31)19-23-9-5-4-6-10-23/h4-6,9-10,12-13,18,20-22,25H,7-8,11,14-17,19H2,1-3H3,(H,29,32)/t20-,21-,22-,25+/m0/s1. The summed E-state index contributed by atoms with van der Waals surface area (Å²) in [6.45, 7) is 9.48. The maximum Gasteiger partial charge on any atom is 0.244 e. The Kier molecular flexibility index (Phi) is 9.09. The molecule has 0 bridgehead atoms. The van der Waals surface area contributed by atoms with E-state index in [4.69, 9.17) is 0 Å². The molecule has 7 nitrogen and oxygen atoms in total. The van der Waals surface area contributed by atoms with Crippen LogP contribution in [0.25, 0.3) is 0 Å². The van der Waals surface area contributed by atoms with Crippen molar-refractivity contribution in [3.05, 3.63) is 54.2 Å². The molecule has 1 saturated carbocycles. The van der Waals surface area contributed by atoms with Gasteiger partial charge >= 0.3 is 0 Å². The highest BCUT2D eigenvalue weighted by Crippen LogP contribution is 2.30. The van der Waals surface area contributed by atoms with Crippen molar-refractivity contribution >= 4 is 27.7 Å². The van der Waals surface area contributed by atoms with Crippen molar-refractivity contribution < 1.29 is 13.2 Å². The summed E-state index contributed by atoms with van der Waals surface area (Å²) < 4.78 is 27.9. The third-order valence-corrected chi connectivity index (χ3v) is 10.6. The summed E-state index contributed by atoms with van der Waals surface area (Å²) >= 11 is 1.36. The Hall–Kier alpha value is -1.94. The summed E-state index contributed by atoms with van der Waals surface area (Å²) in [6, 6.07) is 13.8. The number of benzene rings is 1. The average molecular weight is 531 g/mol. The van der Waals surface area contributed by atoms with E-state index >= 15 is 0 Å². The summed E-state index contributed by atoms with van der Waals surface area (Å²) in [5.41, 5.74) is 1.23. The Morgan fingerprint density at radius 3 is 2.47 bits per heavy atom. The SMILES string of the molecule is C[C@H]1[C@@H](C)CCC[C@H]1NC(=O)[C@H](C)Sc1ccc(S(=O)(=O)N2CCN(Cc3ccccc3)CC2)cn1. The minimum atomic E-state index is -3.59. The Morgan fingerprint density at radius 2 is 1.81 bits per heavy atom. The number of nitrogens with one attached hydrogen (secondary N) is 1. The van der Waals surface area contributed by atoms with Crippen LogP contribution in [-0.4, -0.2) is 66.0 Å². The number of piperazine rings is 1. The van der Waals surface area contributed by atoms with E-state index in [1.54, 1.807) is 16.4 Å². The highest BCUT2D eigenvalue weighted by molar-refractivity contribution is 8.00. The second-order valence-electron chi connectivity index (χ2n) is 10.1. The lowest BCUT2D eigenvalue weighted by Gasteiger charge is -2.35. The van der Waals surface area contributed by atoms with Crippen molar-refractivity contribution in [2.45, 2.75) is 67.8 Å². The molecular formula is C27H38N4O3S2. The molecule has 1 N–H and O–H groups in total. The third kappa shape index (κ3) is 6.68. The molecule has 9 heteroatoms. The van der Waals surface area contributed by atoms with Crippen LogP contribution in [0, 0.1) is 11.8 Å². The van der Waals surface area contributed by atoms with Crippen molar-refractivity contribution in [2.75, 3.05) is 26.2 Å². The molecular weight excluding hydrogens is 492 g/mol. The van der Waals surface area contributed by atoms with Gasteiger partial charge in [0.15, 0.2) is 0 Å².